The van der Waals surface area contributed by atoms with Crippen LogP contribution in [0.4, 0.5) is 0 Å². The highest BCUT2D eigenvalue weighted by Gasteiger charge is 2.19. The van der Waals surface area contributed by atoms with E-state index in [2.05, 4.69) is 54.6 Å². The summed E-state index contributed by atoms with van der Waals surface area (Å²) in [6.45, 7) is 8.56. The predicted octanol–water partition coefficient (Wildman–Crippen LogP) is 3.07. The second-order valence-corrected chi connectivity index (χ2v) is 5.89. The van der Waals surface area contributed by atoms with Gasteiger partial charge in [-0.1, -0.05) is 0 Å². The van der Waals surface area contributed by atoms with Crippen molar-refractivity contribution in [2.24, 2.45) is 0 Å². The smallest absolute Gasteiger partial charge is 0.174 e. The third-order valence-corrected chi connectivity index (χ3v) is 3.23. The van der Waals surface area contributed by atoms with Crippen LogP contribution in [-0.4, -0.2) is 14.8 Å². The molecule has 2 aromatic heterocycles. The van der Waals surface area contributed by atoms with Crippen LogP contribution in [0.15, 0.2) is 18.5 Å². The van der Waals surface area contributed by atoms with Crippen LogP contribution in [0.3, 0.4) is 0 Å². The van der Waals surface area contributed by atoms with E-state index in [1.807, 2.05) is 0 Å². The number of aromatic nitrogens is 3. The van der Waals surface area contributed by atoms with Crippen molar-refractivity contribution < 1.29 is 0 Å². The Morgan fingerprint density at radius 3 is 2.53 bits per heavy atom. The fourth-order valence-electron chi connectivity index (χ4n) is 1.45. The highest BCUT2D eigenvalue weighted by molar-refractivity contribution is 7.15. The summed E-state index contributed by atoms with van der Waals surface area (Å²) in [5.41, 5.74) is 0.0245. The molecule has 0 saturated carbocycles. The average Bonchev–Trinajstić information content (AvgIpc) is 2.68. The molecule has 2 aromatic rings. The Bertz CT molecular complexity index is 462. The van der Waals surface area contributed by atoms with E-state index in [-0.39, 0.29) is 5.54 Å². The molecule has 80 valence electrons. The summed E-state index contributed by atoms with van der Waals surface area (Å²) in [5.74, 6) is 0.959. The van der Waals surface area contributed by atoms with Crippen molar-refractivity contribution in [3.63, 3.8) is 0 Å². The van der Waals surface area contributed by atoms with Gasteiger partial charge in [-0.2, -0.15) is 0 Å². The molecule has 0 aromatic carbocycles. The molecule has 0 radical (unpaired) electrons. The van der Waals surface area contributed by atoms with Crippen LogP contribution in [0, 0.1) is 6.92 Å². The van der Waals surface area contributed by atoms with E-state index in [1.54, 1.807) is 17.7 Å². The SMILES string of the molecule is Cc1ccc(-c2nncn2C(C)(C)C)s1. The van der Waals surface area contributed by atoms with Crippen LogP contribution in [0.5, 0.6) is 0 Å². The van der Waals surface area contributed by atoms with Crippen molar-refractivity contribution in [1.82, 2.24) is 14.8 Å². The normalized spacial score (nSPS) is 12.0. The molecule has 0 unspecified atom stereocenters. The Morgan fingerprint density at radius 2 is 2.00 bits per heavy atom. The van der Waals surface area contributed by atoms with Gasteiger partial charge in [-0.15, -0.1) is 21.5 Å². The van der Waals surface area contributed by atoms with Crippen molar-refractivity contribution >= 4 is 11.3 Å². The maximum atomic E-state index is 4.19. The molecule has 4 heteroatoms. The van der Waals surface area contributed by atoms with E-state index < -0.39 is 0 Å². The van der Waals surface area contributed by atoms with Crippen LogP contribution in [-0.2, 0) is 5.54 Å². The van der Waals surface area contributed by atoms with Crippen LogP contribution < -0.4 is 0 Å². The molecule has 0 amide bonds. The minimum Gasteiger partial charge on any atom is -0.308 e. The molecule has 0 fully saturated rings. The van der Waals surface area contributed by atoms with Gasteiger partial charge < -0.3 is 4.57 Å². The predicted molar refractivity (Wildman–Crippen MR) is 63.1 cm³/mol. The highest BCUT2D eigenvalue weighted by Crippen LogP contribution is 2.29. The van der Waals surface area contributed by atoms with E-state index in [1.165, 1.54) is 9.75 Å². The first-order valence-electron chi connectivity index (χ1n) is 4.96. The molecule has 0 saturated heterocycles. The van der Waals surface area contributed by atoms with Gasteiger partial charge in [-0.05, 0) is 39.8 Å². The zero-order valence-electron chi connectivity index (χ0n) is 9.48. The summed E-state index contributed by atoms with van der Waals surface area (Å²) < 4.78 is 2.11. The van der Waals surface area contributed by atoms with Gasteiger partial charge in [-0.25, -0.2) is 0 Å². The minimum atomic E-state index is 0.0245. The van der Waals surface area contributed by atoms with E-state index in [9.17, 15) is 0 Å². The summed E-state index contributed by atoms with van der Waals surface area (Å²) in [4.78, 5) is 2.48. The molecular formula is C11H15N3S. The Labute approximate surface area is 93.8 Å². The molecule has 2 rings (SSSR count). The minimum absolute atomic E-state index is 0.0245. The summed E-state index contributed by atoms with van der Waals surface area (Å²) in [6.07, 6.45) is 1.80. The van der Waals surface area contributed by atoms with E-state index in [0.29, 0.717) is 0 Å². The lowest BCUT2D eigenvalue weighted by Crippen LogP contribution is -2.21. The largest absolute Gasteiger partial charge is 0.308 e. The Kier molecular flexibility index (Phi) is 2.38. The number of rotatable bonds is 1. The summed E-state index contributed by atoms with van der Waals surface area (Å²) in [5, 5.41) is 8.18. The topological polar surface area (TPSA) is 30.7 Å². The lowest BCUT2D eigenvalue weighted by Gasteiger charge is -2.21. The van der Waals surface area contributed by atoms with Gasteiger partial charge in [0.25, 0.3) is 0 Å². The van der Waals surface area contributed by atoms with Crippen molar-refractivity contribution in [2.75, 3.05) is 0 Å². The van der Waals surface area contributed by atoms with Crippen LogP contribution in [0.2, 0.25) is 0 Å². The van der Waals surface area contributed by atoms with Gasteiger partial charge in [-0.3, -0.25) is 0 Å². The van der Waals surface area contributed by atoms with Crippen molar-refractivity contribution in [2.45, 2.75) is 33.2 Å². The Hall–Kier alpha value is -1.16. The summed E-state index contributed by atoms with van der Waals surface area (Å²) >= 11 is 1.75. The molecule has 0 atom stereocenters. The van der Waals surface area contributed by atoms with Crippen molar-refractivity contribution in [3.05, 3.63) is 23.3 Å². The molecule has 2 heterocycles. The molecule has 0 spiro atoms. The fourth-order valence-corrected chi connectivity index (χ4v) is 2.30. The second kappa shape index (κ2) is 3.45. The van der Waals surface area contributed by atoms with Crippen LogP contribution >= 0.6 is 11.3 Å². The zero-order chi connectivity index (χ0) is 11.1. The zero-order valence-corrected chi connectivity index (χ0v) is 10.3. The number of aryl methyl sites for hydroxylation is 1. The van der Waals surface area contributed by atoms with E-state index in [4.69, 9.17) is 0 Å². The maximum Gasteiger partial charge on any atom is 0.174 e. The van der Waals surface area contributed by atoms with Crippen LogP contribution in [0.25, 0.3) is 10.7 Å². The molecule has 3 nitrogen and oxygen atoms in total. The summed E-state index contributed by atoms with van der Waals surface area (Å²) in [6, 6.07) is 4.22. The second-order valence-electron chi connectivity index (χ2n) is 4.61. The molecule has 0 N–H and O–H groups in total. The molecule has 15 heavy (non-hydrogen) atoms. The molecule has 0 aliphatic rings. The van der Waals surface area contributed by atoms with Gasteiger partial charge in [0.15, 0.2) is 5.82 Å². The van der Waals surface area contributed by atoms with E-state index in [0.717, 1.165) is 5.82 Å². The maximum absolute atomic E-state index is 4.19. The third kappa shape index (κ3) is 1.95. The van der Waals surface area contributed by atoms with Crippen molar-refractivity contribution in [1.29, 1.82) is 0 Å². The first kappa shape index (κ1) is 10.4. The van der Waals surface area contributed by atoms with Crippen molar-refractivity contribution in [3.8, 4) is 10.7 Å². The van der Waals surface area contributed by atoms with Gasteiger partial charge in [0.2, 0.25) is 0 Å². The molecule has 0 aliphatic heterocycles. The molecule has 0 bridgehead atoms. The number of hydrogen-bond acceptors (Lipinski definition) is 3. The van der Waals surface area contributed by atoms with Gasteiger partial charge in [0.1, 0.15) is 6.33 Å². The first-order chi connectivity index (χ1) is 6.98. The molecular weight excluding hydrogens is 206 g/mol. The molecule has 0 aliphatic carbocycles. The monoisotopic (exact) mass is 221 g/mol. The number of hydrogen-bond donors (Lipinski definition) is 0. The summed E-state index contributed by atoms with van der Waals surface area (Å²) in [7, 11) is 0. The highest BCUT2D eigenvalue weighted by atomic mass is 32.1. The fraction of sp³-hybridized carbons (Fsp3) is 0.455. The first-order valence-corrected chi connectivity index (χ1v) is 5.77. The quantitative estimate of drug-likeness (QED) is 0.741. The third-order valence-electron chi connectivity index (χ3n) is 2.23. The van der Waals surface area contributed by atoms with Gasteiger partial charge in [0.05, 0.1) is 4.88 Å². The van der Waals surface area contributed by atoms with E-state index >= 15 is 0 Å². The number of thiophene rings is 1. The Balaban J connectivity index is 2.50. The number of nitrogens with zero attached hydrogens (tertiary/aromatic N) is 3. The van der Waals surface area contributed by atoms with Gasteiger partial charge in [0, 0.05) is 10.4 Å². The van der Waals surface area contributed by atoms with Crippen LogP contribution in [0.1, 0.15) is 25.6 Å². The Morgan fingerprint density at radius 1 is 1.27 bits per heavy atom. The average molecular weight is 221 g/mol. The lowest BCUT2D eigenvalue weighted by molar-refractivity contribution is 0.400. The standard InChI is InChI=1S/C11H15N3S/c1-8-5-6-9(15-8)10-13-12-7-14(10)11(2,3)4/h5-7H,1-4H3. The lowest BCUT2D eigenvalue weighted by atomic mass is 10.1. The van der Waals surface area contributed by atoms with Gasteiger partial charge >= 0.3 is 0 Å².